The van der Waals surface area contributed by atoms with E-state index in [1.54, 1.807) is 12.1 Å². The Balaban J connectivity index is 2.03. The van der Waals surface area contributed by atoms with E-state index in [0.29, 0.717) is 17.0 Å². The fraction of sp³-hybridized carbons (Fsp3) is 0.0667. The Kier molecular flexibility index (Phi) is 4.75. The van der Waals surface area contributed by atoms with Crippen molar-refractivity contribution in [1.82, 2.24) is 5.32 Å². The third-order valence-corrected chi connectivity index (χ3v) is 2.97. The molecule has 1 aromatic heterocycles. The minimum absolute atomic E-state index is 0.00258. The molecule has 0 spiro atoms. The zero-order valence-corrected chi connectivity index (χ0v) is 12.1. The van der Waals surface area contributed by atoms with Gasteiger partial charge in [-0.25, -0.2) is 0 Å². The number of furan rings is 1. The van der Waals surface area contributed by atoms with Gasteiger partial charge in [-0.1, -0.05) is 30.3 Å². The number of halogens is 1. The normalized spacial score (nSPS) is 10.9. The third-order valence-electron chi connectivity index (χ3n) is 2.54. The Labute approximate surface area is 124 Å². The average Bonchev–Trinajstić information content (AvgIpc) is 2.88. The van der Waals surface area contributed by atoms with Crippen molar-refractivity contribution < 1.29 is 9.21 Å². The maximum atomic E-state index is 11.9. The number of amides is 1. The second kappa shape index (κ2) is 6.73. The Morgan fingerprint density at radius 2 is 2.05 bits per heavy atom. The van der Waals surface area contributed by atoms with E-state index in [1.165, 1.54) is 6.08 Å². The highest BCUT2D eigenvalue weighted by Gasteiger charge is 2.09. The molecule has 0 aliphatic heterocycles. The van der Waals surface area contributed by atoms with E-state index in [9.17, 15) is 4.79 Å². The van der Waals surface area contributed by atoms with Gasteiger partial charge in [0, 0.05) is 12.6 Å². The average molecular weight is 331 g/mol. The fourth-order valence-electron chi connectivity index (χ4n) is 1.57. The largest absolute Gasteiger partial charge is 0.450 e. The first kappa shape index (κ1) is 14.1. The zero-order chi connectivity index (χ0) is 14.4. The molecule has 1 amide bonds. The first-order valence-electron chi connectivity index (χ1n) is 5.88. The SMILES string of the molecule is N#C/C(=C/c1ccc(Br)o1)C(=O)NCc1ccccc1. The summed E-state index contributed by atoms with van der Waals surface area (Å²) in [5.41, 5.74) is 0.974. The summed E-state index contributed by atoms with van der Waals surface area (Å²) in [6, 6.07) is 14.7. The molecule has 100 valence electrons. The highest BCUT2D eigenvalue weighted by atomic mass is 79.9. The monoisotopic (exact) mass is 330 g/mol. The summed E-state index contributed by atoms with van der Waals surface area (Å²) in [5, 5.41) is 11.7. The molecular weight excluding hydrogens is 320 g/mol. The van der Waals surface area contributed by atoms with Crippen LogP contribution < -0.4 is 5.32 Å². The molecule has 0 unspecified atom stereocenters. The van der Waals surface area contributed by atoms with Crippen molar-refractivity contribution in [3.8, 4) is 6.07 Å². The number of nitriles is 1. The molecular formula is C15H11BrN2O2. The van der Waals surface area contributed by atoms with Crippen molar-refractivity contribution in [3.05, 3.63) is 64.0 Å². The van der Waals surface area contributed by atoms with Crippen molar-refractivity contribution in [2.24, 2.45) is 0 Å². The lowest BCUT2D eigenvalue weighted by Gasteiger charge is -2.03. The van der Waals surface area contributed by atoms with Gasteiger partial charge in [-0.2, -0.15) is 5.26 Å². The molecule has 0 saturated heterocycles. The van der Waals surface area contributed by atoms with Crippen LogP contribution in [0.3, 0.4) is 0 Å². The summed E-state index contributed by atoms with van der Waals surface area (Å²) >= 11 is 3.16. The van der Waals surface area contributed by atoms with Crippen LogP contribution in [-0.2, 0) is 11.3 Å². The van der Waals surface area contributed by atoms with Crippen LogP contribution in [0.15, 0.2) is 57.1 Å². The number of carbonyl (C=O) groups excluding carboxylic acids is 1. The van der Waals surface area contributed by atoms with Crippen molar-refractivity contribution in [2.75, 3.05) is 0 Å². The predicted molar refractivity (Wildman–Crippen MR) is 78.3 cm³/mol. The van der Waals surface area contributed by atoms with Gasteiger partial charge in [0.15, 0.2) is 4.67 Å². The Hall–Kier alpha value is -2.32. The maximum absolute atomic E-state index is 11.9. The molecule has 1 heterocycles. The van der Waals surface area contributed by atoms with Crippen LogP contribution in [0.2, 0.25) is 0 Å². The van der Waals surface area contributed by atoms with Crippen LogP contribution >= 0.6 is 15.9 Å². The molecule has 20 heavy (non-hydrogen) atoms. The van der Waals surface area contributed by atoms with Gasteiger partial charge in [-0.15, -0.1) is 0 Å². The number of hydrogen-bond donors (Lipinski definition) is 1. The zero-order valence-electron chi connectivity index (χ0n) is 10.5. The van der Waals surface area contributed by atoms with Gasteiger partial charge in [0.2, 0.25) is 0 Å². The highest BCUT2D eigenvalue weighted by molar-refractivity contribution is 9.10. The van der Waals surface area contributed by atoms with E-state index in [2.05, 4.69) is 21.2 Å². The van der Waals surface area contributed by atoms with E-state index in [1.807, 2.05) is 36.4 Å². The van der Waals surface area contributed by atoms with E-state index in [4.69, 9.17) is 9.68 Å². The summed E-state index contributed by atoms with van der Waals surface area (Å²) in [4.78, 5) is 11.9. The molecule has 0 radical (unpaired) electrons. The maximum Gasteiger partial charge on any atom is 0.262 e. The molecule has 0 aliphatic carbocycles. The smallest absolute Gasteiger partial charge is 0.262 e. The van der Waals surface area contributed by atoms with Gasteiger partial charge in [0.1, 0.15) is 17.4 Å². The molecule has 2 rings (SSSR count). The summed E-state index contributed by atoms with van der Waals surface area (Å²) in [7, 11) is 0. The van der Waals surface area contributed by atoms with E-state index < -0.39 is 5.91 Å². The van der Waals surface area contributed by atoms with Gasteiger partial charge >= 0.3 is 0 Å². The van der Waals surface area contributed by atoms with Gasteiger partial charge in [0.05, 0.1) is 0 Å². The molecule has 0 aliphatic rings. The summed E-state index contributed by atoms with van der Waals surface area (Å²) in [6.45, 7) is 0.376. The van der Waals surface area contributed by atoms with E-state index in [0.717, 1.165) is 5.56 Å². The predicted octanol–water partition coefficient (Wildman–Crippen LogP) is 3.27. The number of carbonyl (C=O) groups is 1. The van der Waals surface area contributed by atoms with Crippen LogP contribution in [0.1, 0.15) is 11.3 Å². The summed E-state index contributed by atoms with van der Waals surface area (Å²) < 4.78 is 5.78. The van der Waals surface area contributed by atoms with Crippen molar-refractivity contribution >= 4 is 27.9 Å². The summed E-state index contributed by atoms with van der Waals surface area (Å²) in [5.74, 6) is 0.0205. The quantitative estimate of drug-likeness (QED) is 0.691. The number of rotatable bonds is 4. The van der Waals surface area contributed by atoms with Crippen molar-refractivity contribution in [1.29, 1.82) is 5.26 Å². The molecule has 0 bridgehead atoms. The molecule has 1 N–H and O–H groups in total. The number of hydrogen-bond acceptors (Lipinski definition) is 3. The van der Waals surface area contributed by atoms with Gasteiger partial charge in [-0.05, 0) is 33.6 Å². The lowest BCUT2D eigenvalue weighted by atomic mass is 10.2. The second-order valence-electron chi connectivity index (χ2n) is 3.98. The van der Waals surface area contributed by atoms with Crippen LogP contribution in [-0.4, -0.2) is 5.91 Å². The van der Waals surface area contributed by atoms with Crippen LogP contribution in [0, 0.1) is 11.3 Å². The first-order valence-corrected chi connectivity index (χ1v) is 6.67. The molecule has 0 atom stereocenters. The van der Waals surface area contributed by atoms with E-state index in [-0.39, 0.29) is 5.57 Å². The third kappa shape index (κ3) is 3.84. The number of benzene rings is 1. The Morgan fingerprint density at radius 1 is 1.30 bits per heavy atom. The second-order valence-corrected chi connectivity index (χ2v) is 4.76. The summed E-state index contributed by atoms with van der Waals surface area (Å²) in [6.07, 6.45) is 1.41. The van der Waals surface area contributed by atoms with Crippen molar-refractivity contribution in [3.63, 3.8) is 0 Å². The minimum atomic E-state index is -0.427. The van der Waals surface area contributed by atoms with E-state index >= 15 is 0 Å². The van der Waals surface area contributed by atoms with Gasteiger partial charge < -0.3 is 9.73 Å². The van der Waals surface area contributed by atoms with Crippen LogP contribution in [0.25, 0.3) is 6.08 Å². The molecule has 0 fully saturated rings. The standard InChI is InChI=1S/C15H11BrN2O2/c16-14-7-6-13(20-14)8-12(9-17)15(19)18-10-11-4-2-1-3-5-11/h1-8H,10H2,(H,18,19)/b12-8-. The molecule has 4 nitrogen and oxygen atoms in total. The molecule has 2 aromatic rings. The van der Waals surface area contributed by atoms with Gasteiger partial charge in [0.25, 0.3) is 5.91 Å². The molecule has 1 aromatic carbocycles. The van der Waals surface area contributed by atoms with Crippen molar-refractivity contribution in [2.45, 2.75) is 6.54 Å². The van der Waals surface area contributed by atoms with Crippen LogP contribution in [0.5, 0.6) is 0 Å². The Morgan fingerprint density at radius 3 is 2.65 bits per heavy atom. The topological polar surface area (TPSA) is 66.0 Å². The fourth-order valence-corrected chi connectivity index (χ4v) is 1.89. The first-order chi connectivity index (χ1) is 9.69. The van der Waals surface area contributed by atoms with Gasteiger partial charge in [-0.3, -0.25) is 4.79 Å². The highest BCUT2D eigenvalue weighted by Crippen LogP contribution is 2.16. The molecule has 5 heteroatoms. The Bertz CT molecular complexity index is 669. The lowest BCUT2D eigenvalue weighted by Crippen LogP contribution is -2.23. The molecule has 0 saturated carbocycles. The van der Waals surface area contributed by atoms with Crippen LogP contribution in [0.4, 0.5) is 0 Å². The number of nitrogens with one attached hydrogen (secondary N) is 1. The number of nitrogens with zero attached hydrogens (tertiary/aromatic N) is 1. The minimum Gasteiger partial charge on any atom is -0.450 e. The lowest BCUT2D eigenvalue weighted by molar-refractivity contribution is -0.117.